The Kier molecular flexibility index (Phi) is 1.48. The van der Waals surface area contributed by atoms with E-state index in [4.69, 9.17) is 5.73 Å². The molecule has 0 unspecified atom stereocenters. The molecule has 0 aliphatic carbocycles. The summed E-state index contributed by atoms with van der Waals surface area (Å²) in [7, 11) is -3.14. The summed E-state index contributed by atoms with van der Waals surface area (Å²) in [5, 5.41) is 0. The highest BCUT2D eigenvalue weighted by Crippen LogP contribution is 2.12. The molecule has 1 aliphatic heterocycles. The van der Waals surface area contributed by atoms with Gasteiger partial charge in [0.05, 0.1) is 17.5 Å². The zero-order chi connectivity index (χ0) is 7.07. The molecular weight excluding hydrogens is 145 g/mol. The third-order valence-corrected chi connectivity index (χ3v) is 3.04. The van der Waals surface area contributed by atoms with Crippen molar-refractivity contribution in [2.24, 2.45) is 5.73 Å². The van der Waals surface area contributed by atoms with E-state index in [2.05, 4.69) is 0 Å². The first kappa shape index (κ1) is 6.95. The summed E-state index contributed by atoms with van der Waals surface area (Å²) in [6.45, 7) is 0. The van der Waals surface area contributed by atoms with Gasteiger partial charge in [0.2, 0.25) is 0 Å². The third kappa shape index (κ3) is 1.40. The van der Waals surface area contributed by atoms with Crippen LogP contribution < -0.4 is 5.73 Å². The Morgan fingerprint density at radius 3 is 2.11 bits per heavy atom. The number of halogens is 1. The lowest BCUT2D eigenvalue weighted by Crippen LogP contribution is -2.29. The van der Waals surface area contributed by atoms with Crippen LogP contribution in [0, 0.1) is 0 Å². The fraction of sp³-hybridized carbons (Fsp3) is 1.00. The molecular formula is C4H8FNO2S. The predicted octanol–water partition coefficient (Wildman–Crippen LogP) is -0.920. The van der Waals surface area contributed by atoms with Crippen LogP contribution in [0.4, 0.5) is 4.39 Å². The number of rotatable bonds is 0. The lowest BCUT2D eigenvalue weighted by molar-refractivity contribution is 0.336. The Balaban J connectivity index is 2.77. The molecule has 9 heavy (non-hydrogen) atoms. The lowest BCUT2D eigenvalue weighted by Gasteiger charge is -1.98. The maximum Gasteiger partial charge on any atom is 0.154 e. The van der Waals surface area contributed by atoms with E-state index in [1.54, 1.807) is 0 Å². The molecule has 0 saturated carbocycles. The van der Waals surface area contributed by atoms with Crippen LogP contribution in [0.2, 0.25) is 0 Å². The van der Waals surface area contributed by atoms with E-state index in [-0.39, 0.29) is 5.75 Å². The molecule has 5 heteroatoms. The van der Waals surface area contributed by atoms with Gasteiger partial charge in [0, 0.05) is 0 Å². The SMILES string of the molecule is N[C@@H]1CS(=O)(=O)C[C@@H]1F. The topological polar surface area (TPSA) is 60.2 Å². The van der Waals surface area contributed by atoms with Crippen molar-refractivity contribution in [1.82, 2.24) is 0 Å². The summed E-state index contributed by atoms with van der Waals surface area (Å²) in [6, 6.07) is -0.796. The highest BCUT2D eigenvalue weighted by Gasteiger charge is 2.34. The van der Waals surface area contributed by atoms with Crippen molar-refractivity contribution in [3.05, 3.63) is 0 Å². The molecule has 0 bridgehead atoms. The van der Waals surface area contributed by atoms with Crippen molar-refractivity contribution in [3.63, 3.8) is 0 Å². The minimum Gasteiger partial charge on any atom is -0.324 e. The van der Waals surface area contributed by atoms with Crippen molar-refractivity contribution in [2.45, 2.75) is 12.2 Å². The second-order valence-electron chi connectivity index (χ2n) is 2.26. The van der Waals surface area contributed by atoms with E-state index in [0.29, 0.717) is 0 Å². The second-order valence-corrected chi connectivity index (χ2v) is 4.41. The molecule has 0 aromatic carbocycles. The van der Waals surface area contributed by atoms with Gasteiger partial charge in [0.25, 0.3) is 0 Å². The molecule has 2 atom stereocenters. The number of sulfone groups is 1. The quantitative estimate of drug-likeness (QED) is 0.489. The van der Waals surface area contributed by atoms with Crippen LogP contribution in [-0.2, 0) is 9.84 Å². The van der Waals surface area contributed by atoms with Gasteiger partial charge < -0.3 is 5.73 Å². The van der Waals surface area contributed by atoms with Gasteiger partial charge in [0.15, 0.2) is 9.84 Å². The molecule has 2 N–H and O–H groups in total. The van der Waals surface area contributed by atoms with E-state index in [9.17, 15) is 12.8 Å². The zero-order valence-electron chi connectivity index (χ0n) is 4.75. The molecule has 3 nitrogen and oxygen atoms in total. The molecule has 1 heterocycles. The zero-order valence-corrected chi connectivity index (χ0v) is 5.57. The number of alkyl halides is 1. The fourth-order valence-electron chi connectivity index (χ4n) is 0.832. The summed E-state index contributed by atoms with van der Waals surface area (Å²) < 4.78 is 33.4. The standard InChI is InChI=1S/C4H8FNO2S/c5-3-1-9(7,8)2-4(3)6/h3-4H,1-2,6H2/t3-,4+/m0/s1. The minimum absolute atomic E-state index is 0.200. The number of nitrogens with two attached hydrogens (primary N) is 1. The average molecular weight is 153 g/mol. The van der Waals surface area contributed by atoms with E-state index >= 15 is 0 Å². The lowest BCUT2D eigenvalue weighted by atomic mass is 10.3. The molecule has 0 spiro atoms. The Labute approximate surface area is 53.0 Å². The van der Waals surface area contributed by atoms with Gasteiger partial charge in [-0.1, -0.05) is 0 Å². The fourth-order valence-corrected chi connectivity index (χ4v) is 2.50. The molecule has 1 rings (SSSR count). The van der Waals surface area contributed by atoms with Gasteiger partial charge in [-0.25, -0.2) is 12.8 Å². The van der Waals surface area contributed by atoms with Crippen molar-refractivity contribution in [1.29, 1.82) is 0 Å². The molecule has 0 aromatic rings. The first-order valence-electron chi connectivity index (χ1n) is 2.61. The maximum atomic E-state index is 12.3. The van der Waals surface area contributed by atoms with Crippen LogP contribution in [-0.4, -0.2) is 32.1 Å². The van der Waals surface area contributed by atoms with Crippen LogP contribution in [0.5, 0.6) is 0 Å². The Morgan fingerprint density at radius 2 is 2.00 bits per heavy atom. The number of hydrogen-bond acceptors (Lipinski definition) is 3. The monoisotopic (exact) mass is 153 g/mol. The molecule has 0 radical (unpaired) electrons. The normalized spacial score (nSPS) is 41.1. The van der Waals surface area contributed by atoms with Gasteiger partial charge in [-0.2, -0.15) is 0 Å². The average Bonchev–Trinajstić information content (AvgIpc) is 1.79. The van der Waals surface area contributed by atoms with E-state index in [1.165, 1.54) is 0 Å². The second kappa shape index (κ2) is 1.91. The molecule has 0 aromatic heterocycles. The maximum absolute atomic E-state index is 12.3. The summed E-state index contributed by atoms with van der Waals surface area (Å²) in [4.78, 5) is 0. The summed E-state index contributed by atoms with van der Waals surface area (Å²) >= 11 is 0. The first-order valence-corrected chi connectivity index (χ1v) is 4.43. The third-order valence-electron chi connectivity index (χ3n) is 1.32. The smallest absolute Gasteiger partial charge is 0.154 e. The van der Waals surface area contributed by atoms with Crippen LogP contribution in [0.25, 0.3) is 0 Å². The molecule has 54 valence electrons. The summed E-state index contributed by atoms with van der Waals surface area (Å²) in [6.07, 6.45) is -1.35. The summed E-state index contributed by atoms with van der Waals surface area (Å²) in [5.41, 5.74) is 5.10. The van der Waals surface area contributed by atoms with Crippen molar-refractivity contribution in [2.75, 3.05) is 11.5 Å². The van der Waals surface area contributed by atoms with E-state index in [1.807, 2.05) is 0 Å². The Morgan fingerprint density at radius 1 is 1.44 bits per heavy atom. The van der Waals surface area contributed by atoms with Gasteiger partial charge in [-0.3, -0.25) is 0 Å². The predicted molar refractivity (Wildman–Crippen MR) is 31.5 cm³/mol. The van der Waals surface area contributed by atoms with Gasteiger partial charge >= 0.3 is 0 Å². The highest BCUT2D eigenvalue weighted by atomic mass is 32.2. The van der Waals surface area contributed by atoms with Gasteiger partial charge in [0.1, 0.15) is 6.17 Å². The van der Waals surface area contributed by atoms with Crippen LogP contribution >= 0.6 is 0 Å². The molecule has 1 aliphatic rings. The van der Waals surface area contributed by atoms with Gasteiger partial charge in [-0.15, -0.1) is 0 Å². The highest BCUT2D eigenvalue weighted by molar-refractivity contribution is 7.91. The van der Waals surface area contributed by atoms with Crippen molar-refractivity contribution in [3.8, 4) is 0 Å². The Hall–Kier alpha value is -0.160. The van der Waals surface area contributed by atoms with Crippen LogP contribution in [0.3, 0.4) is 0 Å². The van der Waals surface area contributed by atoms with Crippen LogP contribution in [0.1, 0.15) is 0 Å². The van der Waals surface area contributed by atoms with E-state index < -0.39 is 27.8 Å². The minimum atomic E-state index is -3.14. The van der Waals surface area contributed by atoms with Crippen LogP contribution in [0.15, 0.2) is 0 Å². The number of hydrogen-bond donors (Lipinski definition) is 1. The van der Waals surface area contributed by atoms with E-state index in [0.717, 1.165) is 0 Å². The first-order chi connectivity index (χ1) is 4.01. The van der Waals surface area contributed by atoms with Gasteiger partial charge in [-0.05, 0) is 0 Å². The Bertz CT molecular complexity index is 185. The molecule has 1 fully saturated rings. The summed E-state index contributed by atoms with van der Waals surface area (Å²) in [5.74, 6) is -0.595. The molecule has 0 amide bonds. The largest absolute Gasteiger partial charge is 0.324 e. The van der Waals surface area contributed by atoms with Crippen molar-refractivity contribution < 1.29 is 12.8 Å². The molecule has 1 saturated heterocycles. The van der Waals surface area contributed by atoms with Crippen molar-refractivity contribution >= 4 is 9.84 Å².